The van der Waals surface area contributed by atoms with Crippen molar-refractivity contribution in [3.63, 3.8) is 0 Å². The summed E-state index contributed by atoms with van der Waals surface area (Å²) in [6.07, 6.45) is 2.36. The van der Waals surface area contributed by atoms with Crippen LogP contribution in [0, 0.1) is 13.8 Å². The molecule has 2 amide bonds. The van der Waals surface area contributed by atoms with E-state index in [0.29, 0.717) is 11.4 Å². The van der Waals surface area contributed by atoms with Gasteiger partial charge in [0.2, 0.25) is 5.91 Å². The number of hydrogen-bond donors (Lipinski definition) is 1. The highest BCUT2D eigenvalue weighted by molar-refractivity contribution is 7.03. The van der Waals surface area contributed by atoms with Crippen molar-refractivity contribution in [1.82, 2.24) is 19.9 Å². The van der Waals surface area contributed by atoms with Crippen LogP contribution in [0.1, 0.15) is 60.5 Å². The molecule has 0 saturated carbocycles. The third kappa shape index (κ3) is 5.14. The summed E-state index contributed by atoms with van der Waals surface area (Å²) in [6, 6.07) is 10.1. The lowest BCUT2D eigenvalue weighted by atomic mass is 9.99. The van der Waals surface area contributed by atoms with Gasteiger partial charge in [0, 0.05) is 22.8 Å². The smallest absolute Gasteiger partial charge is 0.280 e. The average molecular weight is 438 g/mol. The maximum atomic E-state index is 13.6. The number of aryl methyl sites for hydroxylation is 2. The van der Waals surface area contributed by atoms with Gasteiger partial charge in [-0.3, -0.25) is 19.5 Å². The number of rotatable bonds is 7. The van der Waals surface area contributed by atoms with Crippen LogP contribution < -0.4 is 10.2 Å². The fourth-order valence-corrected chi connectivity index (χ4v) is 3.66. The number of hydrogen-bond acceptors (Lipinski definition) is 6. The van der Waals surface area contributed by atoms with Gasteiger partial charge in [-0.2, -0.15) is 0 Å². The minimum Gasteiger partial charge on any atom is -0.349 e. The van der Waals surface area contributed by atoms with Crippen molar-refractivity contribution in [1.29, 1.82) is 0 Å². The lowest BCUT2D eigenvalue weighted by molar-refractivity contribution is -0.124. The molecule has 0 aliphatic carbocycles. The van der Waals surface area contributed by atoms with Crippen LogP contribution >= 0.6 is 11.5 Å². The molecule has 1 atom stereocenters. The monoisotopic (exact) mass is 437 g/mol. The third-order valence-electron chi connectivity index (χ3n) is 5.23. The highest BCUT2D eigenvalue weighted by Crippen LogP contribution is 2.32. The highest BCUT2D eigenvalue weighted by Gasteiger charge is 2.37. The number of benzene rings is 1. The van der Waals surface area contributed by atoms with Gasteiger partial charge in [0.1, 0.15) is 0 Å². The number of carbonyl (C=O) groups is 2. The summed E-state index contributed by atoms with van der Waals surface area (Å²) in [4.78, 5) is 33.1. The molecule has 0 bridgehead atoms. The van der Waals surface area contributed by atoms with Gasteiger partial charge in [-0.15, -0.1) is 5.10 Å². The Labute approximate surface area is 186 Å². The molecule has 0 saturated heterocycles. The molecule has 1 aromatic carbocycles. The van der Waals surface area contributed by atoms with Gasteiger partial charge in [-0.25, -0.2) is 0 Å². The van der Waals surface area contributed by atoms with Gasteiger partial charge in [-0.1, -0.05) is 35.2 Å². The van der Waals surface area contributed by atoms with Gasteiger partial charge < -0.3 is 5.32 Å². The molecule has 3 rings (SSSR count). The van der Waals surface area contributed by atoms with E-state index >= 15 is 0 Å². The van der Waals surface area contributed by atoms with Crippen LogP contribution in [0.2, 0.25) is 0 Å². The Bertz CT molecular complexity index is 1050. The second-order valence-electron chi connectivity index (χ2n) is 8.14. The van der Waals surface area contributed by atoms with E-state index in [9.17, 15) is 9.59 Å². The molecular weight excluding hydrogens is 410 g/mol. The first kappa shape index (κ1) is 22.6. The zero-order valence-corrected chi connectivity index (χ0v) is 19.2. The molecule has 2 aromatic heterocycles. The van der Waals surface area contributed by atoms with Crippen molar-refractivity contribution < 1.29 is 9.59 Å². The number of carbonyl (C=O) groups excluding carboxylic acids is 2. The molecule has 0 unspecified atom stereocenters. The van der Waals surface area contributed by atoms with E-state index in [1.165, 1.54) is 4.90 Å². The summed E-state index contributed by atoms with van der Waals surface area (Å²) in [5.41, 5.74) is 2.79. The topological polar surface area (TPSA) is 88.1 Å². The molecule has 7 nitrogen and oxygen atoms in total. The molecule has 3 aromatic rings. The molecule has 0 spiro atoms. The summed E-state index contributed by atoms with van der Waals surface area (Å²) in [6.45, 7) is 9.82. The fraction of sp³-hybridized carbons (Fsp3) is 0.348. The van der Waals surface area contributed by atoms with Crippen molar-refractivity contribution in [2.75, 3.05) is 4.90 Å². The Morgan fingerprint density at radius 3 is 2.55 bits per heavy atom. The van der Waals surface area contributed by atoms with E-state index in [0.717, 1.165) is 29.1 Å². The Hall–Kier alpha value is -3.13. The lowest BCUT2D eigenvalue weighted by Crippen LogP contribution is -2.51. The van der Waals surface area contributed by atoms with Crippen LogP contribution in [0.15, 0.2) is 48.0 Å². The van der Waals surface area contributed by atoms with Gasteiger partial charge >= 0.3 is 0 Å². The van der Waals surface area contributed by atoms with Gasteiger partial charge in [0.15, 0.2) is 11.7 Å². The lowest BCUT2D eigenvalue weighted by Gasteiger charge is -2.34. The molecule has 0 radical (unpaired) electrons. The van der Waals surface area contributed by atoms with Crippen molar-refractivity contribution >= 4 is 29.0 Å². The highest BCUT2D eigenvalue weighted by atomic mass is 32.1. The van der Waals surface area contributed by atoms with Crippen molar-refractivity contribution in [3.05, 3.63) is 70.5 Å². The normalized spacial score (nSPS) is 12.3. The van der Waals surface area contributed by atoms with Crippen LogP contribution in [0.4, 0.5) is 5.69 Å². The average Bonchev–Trinajstić information content (AvgIpc) is 3.27. The number of aromatic nitrogens is 3. The molecule has 31 heavy (non-hydrogen) atoms. The first-order valence-corrected chi connectivity index (χ1v) is 11.0. The largest absolute Gasteiger partial charge is 0.349 e. The summed E-state index contributed by atoms with van der Waals surface area (Å²) in [7, 11) is 0. The number of anilines is 1. The number of nitrogens with one attached hydrogen (secondary N) is 1. The molecule has 0 fully saturated rings. The standard InChI is InChI=1S/C23H27N5O2S/c1-6-23(4,5)25-21(29)20(17-9-7-8-12-24-17)28(22(30)18-14-31-27-26-18)19-11-10-15(2)13-16(19)3/h7-14,20H,6H2,1-5H3,(H,25,29)/t20-/m0/s1. The summed E-state index contributed by atoms with van der Waals surface area (Å²) in [5.74, 6) is -0.706. The SMILES string of the molecule is CCC(C)(C)NC(=O)[C@H](c1ccccn1)N(C(=O)c1csnn1)c1ccc(C)cc1C. The summed E-state index contributed by atoms with van der Waals surface area (Å²) in [5, 5.41) is 8.63. The van der Waals surface area contributed by atoms with Gasteiger partial charge in [0.25, 0.3) is 5.91 Å². The summed E-state index contributed by atoms with van der Waals surface area (Å²) < 4.78 is 3.83. The van der Waals surface area contributed by atoms with E-state index in [1.54, 1.807) is 23.7 Å². The Morgan fingerprint density at radius 1 is 1.19 bits per heavy atom. The first-order valence-electron chi connectivity index (χ1n) is 10.1. The Kier molecular flexibility index (Phi) is 6.80. The molecule has 0 aliphatic rings. The second kappa shape index (κ2) is 9.34. The molecule has 2 heterocycles. The maximum Gasteiger partial charge on any atom is 0.280 e. The molecular formula is C23H27N5O2S. The van der Waals surface area contributed by atoms with Gasteiger partial charge in [-0.05, 0) is 69.4 Å². The van der Waals surface area contributed by atoms with E-state index in [4.69, 9.17) is 0 Å². The van der Waals surface area contributed by atoms with E-state index < -0.39 is 17.5 Å². The van der Waals surface area contributed by atoms with Gasteiger partial charge in [0.05, 0.1) is 5.69 Å². The second-order valence-corrected chi connectivity index (χ2v) is 8.75. The third-order valence-corrected chi connectivity index (χ3v) is 5.73. The predicted molar refractivity (Wildman–Crippen MR) is 122 cm³/mol. The molecule has 0 aliphatic heterocycles. The van der Waals surface area contributed by atoms with E-state index in [1.807, 2.05) is 58.9 Å². The molecule has 1 N–H and O–H groups in total. The predicted octanol–water partition coefficient (Wildman–Crippen LogP) is 4.24. The summed E-state index contributed by atoms with van der Waals surface area (Å²) >= 11 is 1.09. The van der Waals surface area contributed by atoms with Crippen LogP contribution in [0.5, 0.6) is 0 Å². The van der Waals surface area contributed by atoms with Crippen molar-refractivity contribution in [2.24, 2.45) is 0 Å². The maximum absolute atomic E-state index is 13.6. The number of nitrogens with zero attached hydrogens (tertiary/aromatic N) is 4. The Morgan fingerprint density at radius 2 is 1.97 bits per heavy atom. The van der Waals surface area contributed by atoms with Crippen LogP contribution in [-0.2, 0) is 4.79 Å². The van der Waals surface area contributed by atoms with Crippen molar-refractivity contribution in [3.8, 4) is 0 Å². The fourth-order valence-electron chi connectivity index (χ4n) is 3.23. The quantitative estimate of drug-likeness (QED) is 0.597. The minimum atomic E-state index is -0.970. The van der Waals surface area contributed by atoms with E-state index in [-0.39, 0.29) is 11.6 Å². The zero-order chi connectivity index (χ0) is 22.6. The van der Waals surface area contributed by atoms with Crippen LogP contribution in [0.3, 0.4) is 0 Å². The van der Waals surface area contributed by atoms with Crippen LogP contribution in [0.25, 0.3) is 0 Å². The van der Waals surface area contributed by atoms with E-state index in [2.05, 4.69) is 19.9 Å². The molecule has 8 heteroatoms. The minimum absolute atomic E-state index is 0.188. The van der Waals surface area contributed by atoms with Crippen LogP contribution in [-0.4, -0.2) is 31.9 Å². The number of amides is 2. The molecule has 162 valence electrons. The van der Waals surface area contributed by atoms with Crippen molar-refractivity contribution in [2.45, 2.75) is 52.6 Å². The number of pyridine rings is 1. The zero-order valence-electron chi connectivity index (χ0n) is 18.4. The first-order chi connectivity index (χ1) is 14.7. The Balaban J connectivity index is 2.19.